The summed E-state index contributed by atoms with van der Waals surface area (Å²) in [4.78, 5) is 16.7. The fraction of sp³-hybridized carbons (Fsp3) is 0.348. The van der Waals surface area contributed by atoms with Crippen LogP contribution >= 0.6 is 0 Å². The molecule has 4 rings (SSSR count). The third-order valence-corrected chi connectivity index (χ3v) is 7.05. The Kier molecular flexibility index (Phi) is 6.48. The third-order valence-electron chi connectivity index (χ3n) is 5.66. The number of aryl methyl sites for hydroxylation is 1. The lowest BCUT2D eigenvalue weighted by Crippen LogP contribution is -2.21. The van der Waals surface area contributed by atoms with E-state index in [0.29, 0.717) is 41.6 Å². The van der Waals surface area contributed by atoms with E-state index in [-0.39, 0.29) is 16.2 Å². The first-order valence-electron chi connectivity index (χ1n) is 10.9. The number of aromatic nitrogens is 2. The van der Waals surface area contributed by atoms with Crippen molar-refractivity contribution in [2.24, 2.45) is 11.1 Å². The van der Waals surface area contributed by atoms with Gasteiger partial charge in [-0.3, -0.25) is 9.52 Å². The van der Waals surface area contributed by atoms with Gasteiger partial charge in [0.2, 0.25) is 17.6 Å². The molecule has 0 spiro atoms. The Bertz CT molecular complexity index is 1230. The van der Waals surface area contributed by atoms with E-state index in [2.05, 4.69) is 20.2 Å². The normalized spacial score (nSPS) is 14.6. The molecule has 1 saturated carbocycles. The van der Waals surface area contributed by atoms with Crippen LogP contribution in [0, 0.1) is 5.41 Å². The standard InChI is InChI=1S/C23H27N5O4S/c1-23(12-13-23)22(29)25-17-5-4-6-18(15-17)28-33(30,31)19-10-8-16(9-11-19)21-26-20(32-27-21)7-2-3-14-24/h4-6,8-11,15,28H,2-3,7,12-14,24H2,1H3,(H,25,29). The van der Waals surface area contributed by atoms with Crippen molar-refractivity contribution in [1.82, 2.24) is 10.1 Å². The number of amides is 1. The first kappa shape index (κ1) is 22.9. The summed E-state index contributed by atoms with van der Waals surface area (Å²) in [5.74, 6) is 0.879. The molecule has 2 aromatic carbocycles. The Balaban J connectivity index is 1.42. The maximum Gasteiger partial charge on any atom is 0.261 e. The Morgan fingerprint density at radius 3 is 2.55 bits per heavy atom. The van der Waals surface area contributed by atoms with E-state index in [4.69, 9.17) is 10.3 Å². The predicted molar refractivity (Wildman–Crippen MR) is 125 cm³/mol. The van der Waals surface area contributed by atoms with Crippen LogP contribution in [0.25, 0.3) is 11.4 Å². The highest BCUT2D eigenvalue weighted by Gasteiger charge is 2.44. The molecule has 0 radical (unpaired) electrons. The molecule has 10 heteroatoms. The highest BCUT2D eigenvalue weighted by molar-refractivity contribution is 7.92. The zero-order valence-corrected chi connectivity index (χ0v) is 19.2. The summed E-state index contributed by atoms with van der Waals surface area (Å²) in [6.07, 6.45) is 4.12. The van der Waals surface area contributed by atoms with E-state index in [1.165, 1.54) is 12.1 Å². The second-order valence-electron chi connectivity index (χ2n) is 8.48. The van der Waals surface area contributed by atoms with Crippen molar-refractivity contribution < 1.29 is 17.7 Å². The van der Waals surface area contributed by atoms with Gasteiger partial charge in [-0.1, -0.05) is 18.1 Å². The molecule has 9 nitrogen and oxygen atoms in total. The van der Waals surface area contributed by atoms with Gasteiger partial charge >= 0.3 is 0 Å². The van der Waals surface area contributed by atoms with Crippen LogP contribution in [0.4, 0.5) is 11.4 Å². The summed E-state index contributed by atoms with van der Waals surface area (Å²) in [7, 11) is -3.82. The van der Waals surface area contributed by atoms with Crippen molar-refractivity contribution in [3.8, 4) is 11.4 Å². The minimum Gasteiger partial charge on any atom is -0.339 e. The average Bonchev–Trinajstić information content (AvgIpc) is 3.37. The Labute approximate surface area is 192 Å². The molecule has 174 valence electrons. The van der Waals surface area contributed by atoms with Crippen LogP contribution in [-0.4, -0.2) is 31.0 Å². The minimum absolute atomic E-state index is 0.0536. The van der Waals surface area contributed by atoms with Crippen LogP contribution in [0.2, 0.25) is 0 Å². The number of sulfonamides is 1. The van der Waals surface area contributed by atoms with Crippen LogP contribution in [0.1, 0.15) is 38.5 Å². The number of nitrogens with two attached hydrogens (primary N) is 1. The number of hydrogen-bond acceptors (Lipinski definition) is 7. The van der Waals surface area contributed by atoms with E-state index in [9.17, 15) is 13.2 Å². The smallest absolute Gasteiger partial charge is 0.261 e. The maximum absolute atomic E-state index is 12.8. The van der Waals surface area contributed by atoms with Crippen LogP contribution in [0.3, 0.4) is 0 Å². The van der Waals surface area contributed by atoms with E-state index >= 15 is 0 Å². The molecule has 1 heterocycles. The number of rotatable bonds is 10. The highest BCUT2D eigenvalue weighted by Crippen LogP contribution is 2.45. The van der Waals surface area contributed by atoms with Gasteiger partial charge in [0, 0.05) is 23.1 Å². The van der Waals surface area contributed by atoms with Crippen molar-refractivity contribution in [3.05, 3.63) is 54.4 Å². The van der Waals surface area contributed by atoms with Crippen LogP contribution in [-0.2, 0) is 21.2 Å². The second kappa shape index (κ2) is 9.32. The van der Waals surface area contributed by atoms with Gasteiger partial charge in [-0.05, 0) is 74.7 Å². The predicted octanol–water partition coefficient (Wildman–Crippen LogP) is 3.56. The second-order valence-corrected chi connectivity index (χ2v) is 10.2. The van der Waals surface area contributed by atoms with Crippen LogP contribution < -0.4 is 15.8 Å². The molecule has 1 aromatic heterocycles. The number of unbranched alkanes of at least 4 members (excludes halogenated alkanes) is 1. The number of carbonyl (C=O) groups excluding carboxylic acids is 1. The summed E-state index contributed by atoms with van der Waals surface area (Å²) < 4.78 is 33.5. The molecule has 0 saturated heterocycles. The largest absolute Gasteiger partial charge is 0.339 e. The molecule has 0 aliphatic heterocycles. The Morgan fingerprint density at radius 2 is 1.85 bits per heavy atom. The van der Waals surface area contributed by atoms with Crippen LogP contribution in [0.15, 0.2) is 57.9 Å². The van der Waals surface area contributed by atoms with E-state index in [0.717, 1.165) is 25.7 Å². The average molecular weight is 470 g/mol. The van der Waals surface area contributed by atoms with Gasteiger partial charge in [-0.25, -0.2) is 8.42 Å². The molecule has 0 atom stereocenters. The third kappa shape index (κ3) is 5.58. The van der Waals surface area contributed by atoms with Gasteiger partial charge in [-0.15, -0.1) is 0 Å². The molecular weight excluding hydrogens is 442 g/mol. The fourth-order valence-electron chi connectivity index (χ4n) is 3.25. The number of nitrogens with zero attached hydrogens (tertiary/aromatic N) is 2. The van der Waals surface area contributed by atoms with Crippen molar-refractivity contribution in [2.75, 3.05) is 16.6 Å². The quantitative estimate of drug-likeness (QED) is 0.386. The lowest BCUT2D eigenvalue weighted by Gasteiger charge is -2.12. The number of anilines is 2. The molecule has 3 aromatic rings. The van der Waals surface area contributed by atoms with Crippen molar-refractivity contribution in [1.29, 1.82) is 0 Å². The van der Waals surface area contributed by atoms with Gasteiger partial charge in [0.15, 0.2) is 0 Å². The topological polar surface area (TPSA) is 140 Å². The first-order valence-corrected chi connectivity index (χ1v) is 12.3. The molecule has 1 fully saturated rings. The minimum atomic E-state index is -3.82. The molecule has 0 bridgehead atoms. The van der Waals surface area contributed by atoms with E-state index in [1.54, 1.807) is 36.4 Å². The van der Waals surface area contributed by atoms with Crippen molar-refractivity contribution in [2.45, 2.75) is 43.9 Å². The summed E-state index contributed by atoms with van der Waals surface area (Å²) in [6.45, 7) is 2.53. The van der Waals surface area contributed by atoms with Crippen molar-refractivity contribution in [3.63, 3.8) is 0 Å². The van der Waals surface area contributed by atoms with Gasteiger partial charge < -0.3 is 15.6 Å². The van der Waals surface area contributed by atoms with Crippen molar-refractivity contribution >= 4 is 27.3 Å². The molecule has 1 aliphatic rings. The van der Waals surface area contributed by atoms with Gasteiger partial charge in [0.05, 0.1) is 10.6 Å². The van der Waals surface area contributed by atoms with E-state index < -0.39 is 10.0 Å². The number of benzene rings is 2. The first-order chi connectivity index (χ1) is 15.8. The molecular formula is C23H27N5O4S. The number of hydrogen-bond donors (Lipinski definition) is 3. The zero-order chi connectivity index (χ0) is 23.5. The lowest BCUT2D eigenvalue weighted by atomic mass is 10.1. The summed E-state index contributed by atoms with van der Waals surface area (Å²) in [5, 5.41) is 6.81. The monoisotopic (exact) mass is 469 g/mol. The number of nitrogens with one attached hydrogen (secondary N) is 2. The van der Waals surface area contributed by atoms with E-state index in [1.807, 2.05) is 6.92 Å². The molecule has 33 heavy (non-hydrogen) atoms. The zero-order valence-electron chi connectivity index (χ0n) is 18.4. The summed E-state index contributed by atoms with van der Waals surface area (Å²) >= 11 is 0. The molecule has 4 N–H and O–H groups in total. The lowest BCUT2D eigenvalue weighted by molar-refractivity contribution is -0.120. The maximum atomic E-state index is 12.8. The Morgan fingerprint density at radius 1 is 1.12 bits per heavy atom. The van der Waals surface area contributed by atoms with Gasteiger partial charge in [0.25, 0.3) is 10.0 Å². The number of carbonyl (C=O) groups is 1. The molecule has 1 amide bonds. The molecule has 0 unspecified atom stereocenters. The SMILES string of the molecule is CC1(C(=O)Nc2cccc(NS(=O)(=O)c3ccc(-c4noc(CCCCN)n4)cc3)c2)CC1. The Hall–Kier alpha value is -3.24. The van der Waals surface area contributed by atoms with Crippen LogP contribution in [0.5, 0.6) is 0 Å². The highest BCUT2D eigenvalue weighted by atomic mass is 32.2. The summed E-state index contributed by atoms with van der Waals surface area (Å²) in [5.41, 5.74) is 6.73. The summed E-state index contributed by atoms with van der Waals surface area (Å²) in [6, 6.07) is 12.9. The fourth-order valence-corrected chi connectivity index (χ4v) is 4.30. The molecule has 1 aliphatic carbocycles. The van der Waals surface area contributed by atoms with Gasteiger partial charge in [0.1, 0.15) is 0 Å². The van der Waals surface area contributed by atoms with Gasteiger partial charge in [-0.2, -0.15) is 4.98 Å².